The van der Waals surface area contributed by atoms with Crippen LogP contribution in [0.5, 0.6) is 0 Å². The summed E-state index contributed by atoms with van der Waals surface area (Å²) in [7, 11) is 0. The van der Waals surface area contributed by atoms with Gasteiger partial charge in [-0.1, -0.05) is 38.2 Å². The van der Waals surface area contributed by atoms with Crippen molar-refractivity contribution in [2.45, 2.75) is 57.9 Å². The van der Waals surface area contributed by atoms with Gasteiger partial charge in [0.05, 0.1) is 0 Å². The predicted molar refractivity (Wildman–Crippen MR) is 71.7 cm³/mol. The molecule has 1 saturated carbocycles. The van der Waals surface area contributed by atoms with Crippen molar-refractivity contribution in [3.05, 3.63) is 29.6 Å². The number of hydrogen-bond donors (Lipinski definition) is 1. The van der Waals surface area contributed by atoms with E-state index in [1.807, 2.05) is 12.3 Å². The van der Waals surface area contributed by atoms with Crippen molar-refractivity contribution in [1.82, 2.24) is 4.98 Å². The normalized spacial score (nSPS) is 19.2. The minimum Gasteiger partial charge on any atom is -0.324 e. The summed E-state index contributed by atoms with van der Waals surface area (Å²) >= 11 is 0. The van der Waals surface area contributed by atoms with E-state index in [-0.39, 0.29) is 6.04 Å². The number of nitrogens with two attached hydrogens (primary N) is 1. The van der Waals surface area contributed by atoms with Crippen LogP contribution in [-0.4, -0.2) is 4.98 Å². The summed E-state index contributed by atoms with van der Waals surface area (Å²) in [6, 6.07) is 4.28. The first kappa shape index (κ1) is 12.6. The molecular formula is C15H24N2. The first-order valence-electron chi connectivity index (χ1n) is 6.94. The third-order valence-corrected chi connectivity index (χ3v) is 4.06. The number of aryl methyl sites for hydroxylation is 1. The lowest BCUT2D eigenvalue weighted by molar-refractivity contribution is 0.324. The maximum absolute atomic E-state index is 6.27. The Labute approximate surface area is 105 Å². The second kappa shape index (κ2) is 6.15. The number of rotatable bonds is 4. The molecule has 0 aromatic carbocycles. The van der Waals surface area contributed by atoms with Crippen molar-refractivity contribution >= 4 is 0 Å². The molecule has 2 heteroatoms. The van der Waals surface area contributed by atoms with Crippen molar-refractivity contribution in [2.75, 3.05) is 0 Å². The first-order chi connectivity index (χ1) is 8.27. The highest BCUT2D eigenvalue weighted by Crippen LogP contribution is 2.29. The molecule has 1 aromatic heterocycles. The molecule has 0 bridgehead atoms. The molecule has 1 fully saturated rings. The lowest BCUT2D eigenvalue weighted by Gasteiger charge is -2.23. The van der Waals surface area contributed by atoms with Gasteiger partial charge in [0.2, 0.25) is 0 Å². The lowest BCUT2D eigenvalue weighted by atomic mass is 9.84. The van der Waals surface area contributed by atoms with Crippen molar-refractivity contribution < 1.29 is 0 Å². The van der Waals surface area contributed by atoms with E-state index in [0.717, 1.165) is 18.0 Å². The van der Waals surface area contributed by atoms with E-state index < -0.39 is 0 Å². The Balaban J connectivity index is 1.84. The molecule has 1 heterocycles. The van der Waals surface area contributed by atoms with E-state index in [4.69, 9.17) is 5.73 Å². The monoisotopic (exact) mass is 232 g/mol. The zero-order valence-corrected chi connectivity index (χ0v) is 10.9. The molecule has 1 atom stereocenters. The van der Waals surface area contributed by atoms with Crippen molar-refractivity contribution in [1.29, 1.82) is 0 Å². The van der Waals surface area contributed by atoms with Gasteiger partial charge < -0.3 is 5.73 Å². The summed E-state index contributed by atoms with van der Waals surface area (Å²) in [4.78, 5) is 4.31. The molecule has 94 valence electrons. The van der Waals surface area contributed by atoms with Gasteiger partial charge in [0.1, 0.15) is 0 Å². The fourth-order valence-corrected chi connectivity index (χ4v) is 2.94. The Hall–Kier alpha value is -0.890. The Morgan fingerprint density at radius 2 is 2.12 bits per heavy atom. The third kappa shape index (κ3) is 3.53. The summed E-state index contributed by atoms with van der Waals surface area (Å²) in [5.74, 6) is 0.923. The zero-order valence-electron chi connectivity index (χ0n) is 10.9. The van der Waals surface area contributed by atoms with E-state index in [0.29, 0.717) is 0 Å². The van der Waals surface area contributed by atoms with Crippen LogP contribution in [0.15, 0.2) is 18.3 Å². The third-order valence-electron chi connectivity index (χ3n) is 4.06. The average Bonchev–Trinajstić information content (AvgIpc) is 2.38. The zero-order chi connectivity index (χ0) is 12.1. The summed E-state index contributed by atoms with van der Waals surface area (Å²) in [5, 5.41) is 0. The van der Waals surface area contributed by atoms with Gasteiger partial charge in [0, 0.05) is 17.9 Å². The molecule has 1 unspecified atom stereocenters. The van der Waals surface area contributed by atoms with Crippen LogP contribution in [0.1, 0.15) is 62.2 Å². The first-order valence-corrected chi connectivity index (χ1v) is 6.94. The second-order valence-corrected chi connectivity index (χ2v) is 5.37. The molecule has 2 rings (SSSR count). The van der Waals surface area contributed by atoms with Gasteiger partial charge in [0.25, 0.3) is 0 Å². The van der Waals surface area contributed by atoms with E-state index >= 15 is 0 Å². The van der Waals surface area contributed by atoms with Gasteiger partial charge >= 0.3 is 0 Å². The maximum atomic E-state index is 6.27. The highest BCUT2D eigenvalue weighted by Gasteiger charge is 2.16. The second-order valence-electron chi connectivity index (χ2n) is 5.37. The summed E-state index contributed by atoms with van der Waals surface area (Å²) in [5.41, 5.74) is 8.58. The van der Waals surface area contributed by atoms with Crippen LogP contribution in [0.2, 0.25) is 0 Å². The highest BCUT2D eigenvalue weighted by molar-refractivity contribution is 5.21. The maximum Gasteiger partial charge on any atom is 0.0420 e. The van der Waals surface area contributed by atoms with Crippen LogP contribution in [0, 0.1) is 12.8 Å². The van der Waals surface area contributed by atoms with E-state index in [1.54, 1.807) is 0 Å². The van der Waals surface area contributed by atoms with Gasteiger partial charge in [-0.15, -0.1) is 0 Å². The molecule has 1 aliphatic rings. The Kier molecular flexibility index (Phi) is 4.55. The molecule has 1 aliphatic carbocycles. The van der Waals surface area contributed by atoms with Gasteiger partial charge in [-0.2, -0.15) is 0 Å². The quantitative estimate of drug-likeness (QED) is 0.858. The van der Waals surface area contributed by atoms with Crippen LogP contribution in [0.4, 0.5) is 0 Å². The van der Waals surface area contributed by atoms with E-state index in [9.17, 15) is 0 Å². The van der Waals surface area contributed by atoms with Crippen LogP contribution in [0.25, 0.3) is 0 Å². The average molecular weight is 232 g/mol. The largest absolute Gasteiger partial charge is 0.324 e. The van der Waals surface area contributed by atoms with Crippen LogP contribution < -0.4 is 5.73 Å². The number of pyridine rings is 1. The van der Waals surface area contributed by atoms with Gasteiger partial charge in [-0.25, -0.2) is 0 Å². The number of nitrogens with zero attached hydrogens (tertiary/aromatic N) is 1. The summed E-state index contributed by atoms with van der Waals surface area (Å²) < 4.78 is 0. The van der Waals surface area contributed by atoms with Crippen LogP contribution >= 0.6 is 0 Å². The topological polar surface area (TPSA) is 38.9 Å². The smallest absolute Gasteiger partial charge is 0.0420 e. The molecule has 0 amide bonds. The van der Waals surface area contributed by atoms with E-state index in [1.165, 1.54) is 44.1 Å². The molecule has 1 aromatic rings. The van der Waals surface area contributed by atoms with Gasteiger partial charge in [0.15, 0.2) is 0 Å². The molecule has 0 spiro atoms. The summed E-state index contributed by atoms with van der Waals surface area (Å²) in [6.45, 7) is 2.05. The fourth-order valence-electron chi connectivity index (χ4n) is 2.94. The number of aromatic nitrogens is 1. The Morgan fingerprint density at radius 3 is 2.82 bits per heavy atom. The SMILES string of the molecule is Cc1ncccc1C(N)CCC1CCCCC1. The van der Waals surface area contributed by atoms with Crippen LogP contribution in [0.3, 0.4) is 0 Å². The predicted octanol–water partition coefficient (Wildman–Crippen LogP) is 3.75. The molecule has 2 nitrogen and oxygen atoms in total. The summed E-state index contributed by atoms with van der Waals surface area (Å²) in [6.07, 6.45) is 11.3. The Morgan fingerprint density at radius 1 is 1.35 bits per heavy atom. The number of hydrogen-bond acceptors (Lipinski definition) is 2. The highest BCUT2D eigenvalue weighted by atomic mass is 14.7. The van der Waals surface area contributed by atoms with Crippen LogP contribution in [-0.2, 0) is 0 Å². The molecular weight excluding hydrogens is 208 g/mol. The molecule has 17 heavy (non-hydrogen) atoms. The van der Waals surface area contributed by atoms with Crippen molar-refractivity contribution in [3.8, 4) is 0 Å². The van der Waals surface area contributed by atoms with E-state index in [2.05, 4.69) is 18.0 Å². The molecule has 0 aliphatic heterocycles. The van der Waals surface area contributed by atoms with Gasteiger partial charge in [-0.3, -0.25) is 4.98 Å². The Bertz CT molecular complexity index is 343. The fraction of sp³-hybridized carbons (Fsp3) is 0.667. The minimum atomic E-state index is 0.172. The van der Waals surface area contributed by atoms with Crippen molar-refractivity contribution in [2.24, 2.45) is 11.7 Å². The minimum absolute atomic E-state index is 0.172. The standard InChI is InChI=1S/C15H24N2/c1-12-14(8-5-11-17-12)15(16)10-9-13-6-3-2-4-7-13/h5,8,11,13,15H,2-4,6-7,9-10,16H2,1H3. The van der Waals surface area contributed by atoms with Gasteiger partial charge in [-0.05, 0) is 37.3 Å². The lowest BCUT2D eigenvalue weighted by Crippen LogP contribution is -2.15. The molecule has 0 radical (unpaired) electrons. The van der Waals surface area contributed by atoms with Crippen molar-refractivity contribution in [3.63, 3.8) is 0 Å². The molecule has 2 N–H and O–H groups in total. The molecule has 0 saturated heterocycles.